The lowest BCUT2D eigenvalue weighted by Gasteiger charge is -1.90. The first-order chi connectivity index (χ1) is 4.84. The molecule has 0 atom stereocenters. The Hall–Kier alpha value is -0.790. The minimum atomic E-state index is 0.133. The van der Waals surface area contributed by atoms with Crippen LogP contribution in [0, 0.1) is 0 Å². The first-order valence-electron chi connectivity index (χ1n) is 3.82. The molecule has 0 spiro atoms. The van der Waals surface area contributed by atoms with E-state index in [1.54, 1.807) is 0 Å². The summed E-state index contributed by atoms with van der Waals surface area (Å²) < 4.78 is 0. The highest BCUT2D eigenvalue weighted by molar-refractivity contribution is 5.95. The SMILES string of the molecule is CCC/C=C1\CCNC1=O. The van der Waals surface area contributed by atoms with Gasteiger partial charge in [0.15, 0.2) is 0 Å². The van der Waals surface area contributed by atoms with Gasteiger partial charge in [-0.15, -0.1) is 0 Å². The standard InChI is InChI=1S/C8H13NO/c1-2-3-4-7-5-6-9-8(7)10/h4H,2-3,5-6H2,1H3,(H,9,10)/b7-4+. The Labute approximate surface area is 61.3 Å². The van der Waals surface area contributed by atoms with Crippen LogP contribution in [0.15, 0.2) is 11.6 Å². The molecule has 0 aromatic carbocycles. The van der Waals surface area contributed by atoms with Gasteiger partial charge in [-0.3, -0.25) is 4.79 Å². The van der Waals surface area contributed by atoms with Crippen molar-refractivity contribution in [2.24, 2.45) is 0 Å². The van der Waals surface area contributed by atoms with Crippen LogP contribution in [-0.2, 0) is 4.79 Å². The van der Waals surface area contributed by atoms with Crippen LogP contribution in [0.4, 0.5) is 0 Å². The Morgan fingerprint density at radius 1 is 1.70 bits per heavy atom. The summed E-state index contributed by atoms with van der Waals surface area (Å²) in [4.78, 5) is 10.9. The zero-order valence-electron chi connectivity index (χ0n) is 6.31. The maximum Gasteiger partial charge on any atom is 0.246 e. The van der Waals surface area contributed by atoms with Crippen molar-refractivity contribution in [1.82, 2.24) is 5.32 Å². The van der Waals surface area contributed by atoms with Gasteiger partial charge in [-0.05, 0) is 12.8 Å². The van der Waals surface area contributed by atoms with Crippen LogP contribution in [0.1, 0.15) is 26.2 Å². The summed E-state index contributed by atoms with van der Waals surface area (Å²) in [6, 6.07) is 0. The summed E-state index contributed by atoms with van der Waals surface area (Å²) >= 11 is 0. The van der Waals surface area contributed by atoms with E-state index in [1.165, 1.54) is 0 Å². The molecule has 1 aliphatic heterocycles. The van der Waals surface area contributed by atoms with Crippen molar-refractivity contribution >= 4 is 5.91 Å². The maximum absolute atomic E-state index is 10.9. The summed E-state index contributed by atoms with van der Waals surface area (Å²) in [6.45, 7) is 2.94. The lowest BCUT2D eigenvalue weighted by atomic mass is 10.2. The summed E-state index contributed by atoms with van der Waals surface area (Å²) in [5, 5.41) is 2.77. The van der Waals surface area contributed by atoms with Gasteiger partial charge in [0.2, 0.25) is 5.91 Å². The van der Waals surface area contributed by atoms with Gasteiger partial charge >= 0.3 is 0 Å². The normalized spacial score (nSPS) is 21.7. The number of hydrogen-bond acceptors (Lipinski definition) is 1. The first-order valence-corrected chi connectivity index (χ1v) is 3.82. The van der Waals surface area contributed by atoms with Gasteiger partial charge in [-0.2, -0.15) is 0 Å². The van der Waals surface area contributed by atoms with Gasteiger partial charge in [-0.25, -0.2) is 0 Å². The molecule has 2 heteroatoms. The number of rotatable bonds is 2. The third-order valence-electron chi connectivity index (χ3n) is 1.65. The van der Waals surface area contributed by atoms with Gasteiger partial charge < -0.3 is 5.32 Å². The van der Waals surface area contributed by atoms with Gasteiger partial charge in [0.1, 0.15) is 0 Å². The maximum atomic E-state index is 10.9. The van der Waals surface area contributed by atoms with Crippen molar-refractivity contribution in [3.05, 3.63) is 11.6 Å². The fourth-order valence-electron chi connectivity index (χ4n) is 1.05. The van der Waals surface area contributed by atoms with E-state index in [9.17, 15) is 4.79 Å². The monoisotopic (exact) mass is 139 g/mol. The molecule has 0 saturated carbocycles. The molecule has 1 fully saturated rings. The van der Waals surface area contributed by atoms with E-state index >= 15 is 0 Å². The fourth-order valence-corrected chi connectivity index (χ4v) is 1.05. The van der Waals surface area contributed by atoms with E-state index in [-0.39, 0.29) is 5.91 Å². The second-order valence-electron chi connectivity index (χ2n) is 2.52. The Kier molecular flexibility index (Phi) is 2.49. The third-order valence-corrected chi connectivity index (χ3v) is 1.65. The Balaban J connectivity index is 2.46. The Morgan fingerprint density at radius 3 is 3.00 bits per heavy atom. The van der Waals surface area contributed by atoms with E-state index in [4.69, 9.17) is 0 Å². The van der Waals surface area contributed by atoms with Crippen molar-refractivity contribution < 1.29 is 4.79 Å². The molecule has 0 radical (unpaired) electrons. The summed E-state index contributed by atoms with van der Waals surface area (Å²) in [5.41, 5.74) is 0.974. The van der Waals surface area contributed by atoms with E-state index in [0.29, 0.717) is 0 Å². The summed E-state index contributed by atoms with van der Waals surface area (Å²) in [7, 11) is 0. The van der Waals surface area contributed by atoms with E-state index in [1.807, 2.05) is 6.08 Å². The second-order valence-corrected chi connectivity index (χ2v) is 2.52. The predicted octanol–water partition coefficient (Wildman–Crippen LogP) is 1.23. The van der Waals surface area contributed by atoms with Crippen LogP contribution in [0.5, 0.6) is 0 Å². The Morgan fingerprint density at radius 2 is 2.50 bits per heavy atom. The molecular weight excluding hydrogens is 126 g/mol. The molecule has 1 heterocycles. The van der Waals surface area contributed by atoms with Crippen molar-refractivity contribution in [2.75, 3.05) is 6.54 Å². The van der Waals surface area contributed by atoms with Crippen LogP contribution in [0.25, 0.3) is 0 Å². The second kappa shape index (κ2) is 3.40. The van der Waals surface area contributed by atoms with Crippen LogP contribution < -0.4 is 5.32 Å². The van der Waals surface area contributed by atoms with Crippen LogP contribution in [0.2, 0.25) is 0 Å². The number of unbranched alkanes of at least 4 members (excludes halogenated alkanes) is 1. The highest BCUT2D eigenvalue weighted by Crippen LogP contribution is 2.08. The molecule has 2 nitrogen and oxygen atoms in total. The molecule has 0 aromatic heterocycles. The molecule has 1 aliphatic rings. The highest BCUT2D eigenvalue weighted by atomic mass is 16.1. The predicted molar refractivity (Wildman–Crippen MR) is 40.6 cm³/mol. The van der Waals surface area contributed by atoms with Gasteiger partial charge in [0, 0.05) is 12.1 Å². The number of carbonyl (C=O) groups excluding carboxylic acids is 1. The lowest BCUT2D eigenvalue weighted by molar-refractivity contribution is -0.116. The highest BCUT2D eigenvalue weighted by Gasteiger charge is 2.14. The summed E-state index contributed by atoms with van der Waals surface area (Å²) in [5.74, 6) is 0.133. The molecule has 1 N–H and O–H groups in total. The van der Waals surface area contributed by atoms with E-state index in [2.05, 4.69) is 12.2 Å². The molecule has 0 bridgehead atoms. The fraction of sp³-hybridized carbons (Fsp3) is 0.625. The van der Waals surface area contributed by atoms with Gasteiger partial charge in [-0.1, -0.05) is 19.4 Å². The largest absolute Gasteiger partial charge is 0.352 e. The van der Waals surface area contributed by atoms with E-state index < -0.39 is 0 Å². The van der Waals surface area contributed by atoms with Crippen LogP contribution in [-0.4, -0.2) is 12.5 Å². The number of nitrogens with one attached hydrogen (secondary N) is 1. The third kappa shape index (κ3) is 1.59. The molecule has 0 aromatic rings. The van der Waals surface area contributed by atoms with Crippen LogP contribution >= 0.6 is 0 Å². The number of hydrogen-bond donors (Lipinski definition) is 1. The smallest absolute Gasteiger partial charge is 0.246 e. The van der Waals surface area contributed by atoms with Crippen molar-refractivity contribution in [3.8, 4) is 0 Å². The number of allylic oxidation sites excluding steroid dienone is 1. The first kappa shape index (κ1) is 7.32. The minimum Gasteiger partial charge on any atom is -0.352 e. The van der Waals surface area contributed by atoms with Crippen molar-refractivity contribution in [1.29, 1.82) is 0 Å². The lowest BCUT2D eigenvalue weighted by Crippen LogP contribution is -2.14. The van der Waals surface area contributed by atoms with Crippen molar-refractivity contribution in [2.45, 2.75) is 26.2 Å². The van der Waals surface area contributed by atoms with Gasteiger partial charge in [0.05, 0.1) is 0 Å². The average molecular weight is 139 g/mol. The van der Waals surface area contributed by atoms with E-state index in [0.717, 1.165) is 31.4 Å². The Bertz CT molecular complexity index is 161. The minimum absolute atomic E-state index is 0.133. The quantitative estimate of drug-likeness (QED) is 0.573. The molecule has 56 valence electrons. The molecule has 10 heavy (non-hydrogen) atoms. The number of carbonyl (C=O) groups is 1. The summed E-state index contributed by atoms with van der Waals surface area (Å²) in [6.07, 6.45) is 5.11. The molecule has 0 aliphatic carbocycles. The topological polar surface area (TPSA) is 29.1 Å². The average Bonchev–Trinajstić information content (AvgIpc) is 2.31. The zero-order valence-corrected chi connectivity index (χ0v) is 6.31. The molecular formula is C8H13NO. The number of amides is 1. The molecule has 1 rings (SSSR count). The van der Waals surface area contributed by atoms with Crippen LogP contribution in [0.3, 0.4) is 0 Å². The molecule has 1 amide bonds. The van der Waals surface area contributed by atoms with Crippen molar-refractivity contribution in [3.63, 3.8) is 0 Å². The molecule has 1 saturated heterocycles. The molecule has 0 unspecified atom stereocenters. The van der Waals surface area contributed by atoms with Gasteiger partial charge in [0.25, 0.3) is 0 Å². The zero-order chi connectivity index (χ0) is 7.40.